The maximum Gasteiger partial charge on any atom is 0.309 e. The van der Waals surface area contributed by atoms with Crippen molar-refractivity contribution in [3.05, 3.63) is 10.4 Å². The number of rotatable bonds is 5. The van der Waals surface area contributed by atoms with E-state index >= 15 is 0 Å². The smallest absolute Gasteiger partial charge is 0.309 e. The van der Waals surface area contributed by atoms with Gasteiger partial charge < -0.3 is 9.64 Å². The zero-order valence-corrected chi connectivity index (χ0v) is 9.63. The van der Waals surface area contributed by atoms with E-state index in [4.69, 9.17) is 10.3 Å². The van der Waals surface area contributed by atoms with Crippen molar-refractivity contribution in [2.45, 2.75) is 19.8 Å². The molecule has 1 aliphatic heterocycles. The lowest BCUT2D eigenvalue weighted by Gasteiger charge is -2.30. The van der Waals surface area contributed by atoms with E-state index in [1.54, 1.807) is 0 Å². The van der Waals surface area contributed by atoms with E-state index in [0.717, 1.165) is 32.5 Å². The first-order chi connectivity index (χ1) is 7.77. The number of hydrogen-bond donors (Lipinski definition) is 0. The van der Waals surface area contributed by atoms with Crippen LogP contribution >= 0.6 is 0 Å². The summed E-state index contributed by atoms with van der Waals surface area (Å²) in [5.41, 5.74) is 8.15. The highest BCUT2D eigenvalue weighted by Crippen LogP contribution is 2.18. The molecule has 1 aliphatic rings. The third-order valence-corrected chi connectivity index (χ3v) is 2.79. The van der Waals surface area contributed by atoms with Crippen molar-refractivity contribution in [2.24, 2.45) is 11.0 Å². The molecule has 1 heterocycles. The number of likely N-dealkylation sites (tertiary alicyclic amines) is 1. The second-order valence-corrected chi connectivity index (χ2v) is 3.82. The van der Waals surface area contributed by atoms with E-state index < -0.39 is 0 Å². The number of nitrogens with zero attached hydrogens (tertiary/aromatic N) is 4. The highest BCUT2D eigenvalue weighted by Gasteiger charge is 2.25. The third-order valence-electron chi connectivity index (χ3n) is 2.79. The summed E-state index contributed by atoms with van der Waals surface area (Å²) in [7, 11) is 0. The first-order valence-corrected chi connectivity index (χ1v) is 5.67. The van der Waals surface area contributed by atoms with Crippen molar-refractivity contribution in [2.75, 3.05) is 32.8 Å². The molecule has 0 amide bonds. The summed E-state index contributed by atoms with van der Waals surface area (Å²) in [6.45, 7) is 5.32. The number of azide groups is 1. The van der Waals surface area contributed by atoms with Crippen molar-refractivity contribution in [3.63, 3.8) is 0 Å². The second-order valence-electron chi connectivity index (χ2n) is 3.82. The van der Waals surface area contributed by atoms with Crippen molar-refractivity contribution < 1.29 is 9.53 Å². The first-order valence-electron chi connectivity index (χ1n) is 5.67. The summed E-state index contributed by atoms with van der Waals surface area (Å²) in [6, 6.07) is 0. The van der Waals surface area contributed by atoms with Gasteiger partial charge in [-0.05, 0) is 38.4 Å². The van der Waals surface area contributed by atoms with Crippen LogP contribution in [0, 0.1) is 5.92 Å². The Balaban J connectivity index is 2.22. The van der Waals surface area contributed by atoms with Gasteiger partial charge in [-0.15, -0.1) is 0 Å². The van der Waals surface area contributed by atoms with Gasteiger partial charge in [0, 0.05) is 18.0 Å². The molecule has 0 aromatic carbocycles. The fourth-order valence-electron chi connectivity index (χ4n) is 1.88. The monoisotopic (exact) mass is 226 g/mol. The molecule has 1 fully saturated rings. The van der Waals surface area contributed by atoms with Crippen LogP contribution < -0.4 is 0 Å². The number of hydrogen-bond acceptors (Lipinski definition) is 4. The van der Waals surface area contributed by atoms with Crippen LogP contribution in [0.4, 0.5) is 0 Å². The van der Waals surface area contributed by atoms with Gasteiger partial charge in [-0.1, -0.05) is 5.11 Å². The molecule has 0 bridgehead atoms. The number of carbonyl (C=O) groups excluding carboxylic acids is 1. The largest absolute Gasteiger partial charge is 0.466 e. The van der Waals surface area contributed by atoms with Crippen LogP contribution in [0.3, 0.4) is 0 Å². The van der Waals surface area contributed by atoms with Crippen LogP contribution in [0.15, 0.2) is 5.11 Å². The molecular weight excluding hydrogens is 208 g/mol. The molecule has 0 N–H and O–H groups in total. The lowest BCUT2D eigenvalue weighted by atomic mass is 9.97. The lowest BCUT2D eigenvalue weighted by molar-refractivity contribution is -0.149. The highest BCUT2D eigenvalue weighted by atomic mass is 16.5. The van der Waals surface area contributed by atoms with Gasteiger partial charge in [-0.25, -0.2) is 0 Å². The van der Waals surface area contributed by atoms with Crippen LogP contribution in [0.5, 0.6) is 0 Å². The van der Waals surface area contributed by atoms with E-state index in [-0.39, 0.29) is 11.9 Å². The number of piperidine rings is 1. The average Bonchev–Trinajstić information content (AvgIpc) is 2.30. The Hall–Kier alpha value is -1.26. The van der Waals surface area contributed by atoms with Gasteiger partial charge >= 0.3 is 5.97 Å². The summed E-state index contributed by atoms with van der Waals surface area (Å²) in [6.07, 6.45) is 1.68. The predicted octanol–water partition coefficient (Wildman–Crippen LogP) is 1.57. The first kappa shape index (κ1) is 12.8. The Morgan fingerprint density at radius 1 is 1.56 bits per heavy atom. The topological polar surface area (TPSA) is 78.3 Å². The third kappa shape index (κ3) is 4.08. The summed E-state index contributed by atoms with van der Waals surface area (Å²) < 4.78 is 4.99. The Bertz CT molecular complexity index is 268. The molecule has 1 saturated heterocycles. The SMILES string of the molecule is CCOC(=O)C1CCN(CCN=[N+]=[N-])CC1. The second kappa shape index (κ2) is 7.09. The van der Waals surface area contributed by atoms with E-state index in [0.29, 0.717) is 13.2 Å². The fraction of sp³-hybridized carbons (Fsp3) is 0.900. The molecule has 0 aromatic rings. The van der Waals surface area contributed by atoms with Gasteiger partial charge in [-0.3, -0.25) is 4.79 Å². The highest BCUT2D eigenvalue weighted by molar-refractivity contribution is 5.72. The Kier molecular flexibility index (Phi) is 5.67. The van der Waals surface area contributed by atoms with Gasteiger partial charge in [0.2, 0.25) is 0 Å². The van der Waals surface area contributed by atoms with Gasteiger partial charge in [0.05, 0.1) is 12.5 Å². The summed E-state index contributed by atoms with van der Waals surface area (Å²) >= 11 is 0. The predicted molar refractivity (Wildman–Crippen MR) is 59.8 cm³/mol. The molecule has 6 nitrogen and oxygen atoms in total. The number of ether oxygens (including phenoxy) is 1. The minimum Gasteiger partial charge on any atom is -0.466 e. The normalized spacial score (nSPS) is 17.8. The van der Waals surface area contributed by atoms with Crippen LogP contribution in [0.25, 0.3) is 10.4 Å². The quantitative estimate of drug-likeness (QED) is 0.309. The van der Waals surface area contributed by atoms with Crippen LogP contribution in [-0.4, -0.2) is 43.7 Å². The van der Waals surface area contributed by atoms with Gasteiger partial charge in [-0.2, -0.15) is 0 Å². The van der Waals surface area contributed by atoms with Crippen LogP contribution in [0.1, 0.15) is 19.8 Å². The van der Waals surface area contributed by atoms with Crippen LogP contribution in [0.2, 0.25) is 0 Å². The van der Waals surface area contributed by atoms with Gasteiger partial charge in [0.15, 0.2) is 0 Å². The molecule has 0 spiro atoms. The molecule has 0 atom stereocenters. The van der Waals surface area contributed by atoms with Crippen molar-refractivity contribution >= 4 is 5.97 Å². The van der Waals surface area contributed by atoms with Crippen LogP contribution in [-0.2, 0) is 9.53 Å². The molecule has 0 unspecified atom stereocenters. The van der Waals surface area contributed by atoms with E-state index in [1.165, 1.54) is 0 Å². The van der Waals surface area contributed by atoms with E-state index in [1.807, 2.05) is 6.92 Å². The van der Waals surface area contributed by atoms with Crippen molar-refractivity contribution in [1.29, 1.82) is 0 Å². The van der Waals surface area contributed by atoms with Gasteiger partial charge in [0.25, 0.3) is 0 Å². The molecular formula is C10H18N4O2. The fourth-order valence-corrected chi connectivity index (χ4v) is 1.88. The maximum absolute atomic E-state index is 11.5. The summed E-state index contributed by atoms with van der Waals surface area (Å²) in [4.78, 5) is 16.4. The van der Waals surface area contributed by atoms with E-state index in [9.17, 15) is 4.79 Å². The minimum atomic E-state index is -0.0720. The molecule has 90 valence electrons. The Labute approximate surface area is 95.2 Å². The zero-order valence-electron chi connectivity index (χ0n) is 9.63. The molecule has 0 radical (unpaired) electrons. The Morgan fingerprint density at radius 3 is 2.81 bits per heavy atom. The lowest BCUT2D eigenvalue weighted by Crippen LogP contribution is -2.38. The summed E-state index contributed by atoms with van der Waals surface area (Å²) in [5.74, 6) is -0.0205. The summed E-state index contributed by atoms with van der Waals surface area (Å²) in [5, 5.41) is 3.50. The minimum absolute atomic E-state index is 0.0515. The Morgan fingerprint density at radius 2 is 2.25 bits per heavy atom. The average molecular weight is 226 g/mol. The molecule has 16 heavy (non-hydrogen) atoms. The molecule has 1 rings (SSSR count). The number of esters is 1. The number of carbonyl (C=O) groups is 1. The standard InChI is InChI=1S/C10H18N4O2/c1-2-16-10(15)9-3-6-14(7-4-9)8-5-12-13-11/h9H,2-8H2,1H3. The molecule has 0 saturated carbocycles. The zero-order chi connectivity index (χ0) is 11.8. The molecule has 6 heteroatoms. The molecule has 0 aromatic heterocycles. The van der Waals surface area contributed by atoms with Crippen molar-refractivity contribution in [3.8, 4) is 0 Å². The maximum atomic E-state index is 11.5. The molecule has 0 aliphatic carbocycles. The van der Waals surface area contributed by atoms with Gasteiger partial charge in [0.1, 0.15) is 0 Å². The van der Waals surface area contributed by atoms with E-state index in [2.05, 4.69) is 14.9 Å². The van der Waals surface area contributed by atoms with Crippen molar-refractivity contribution in [1.82, 2.24) is 4.90 Å².